The van der Waals surface area contributed by atoms with Crippen molar-refractivity contribution < 1.29 is 0 Å². The quantitative estimate of drug-likeness (QED) is 0.309. The molecule has 0 aliphatic rings. The van der Waals surface area contributed by atoms with Crippen molar-refractivity contribution in [1.29, 1.82) is 0 Å². The molecule has 0 saturated carbocycles. The van der Waals surface area contributed by atoms with Gasteiger partial charge in [-0.1, -0.05) is 64.6 Å². The SMILES string of the molecule is Cc1c(-c2ccc(Cl)cc2Cl)nc2ccc(Cl)cc2c1-c1ccccc1Cl. The van der Waals surface area contributed by atoms with Gasteiger partial charge in [-0.3, -0.25) is 0 Å². The van der Waals surface area contributed by atoms with Crippen molar-refractivity contribution in [3.63, 3.8) is 0 Å². The Morgan fingerprint density at radius 1 is 0.704 bits per heavy atom. The fraction of sp³-hybridized carbons (Fsp3) is 0.0455. The van der Waals surface area contributed by atoms with Crippen LogP contribution in [0.25, 0.3) is 33.3 Å². The lowest BCUT2D eigenvalue weighted by atomic mass is 9.93. The van der Waals surface area contributed by atoms with E-state index in [1.165, 1.54) is 0 Å². The number of hydrogen-bond donors (Lipinski definition) is 0. The summed E-state index contributed by atoms with van der Waals surface area (Å²) in [7, 11) is 0. The molecular formula is C22H13Cl4N. The Labute approximate surface area is 177 Å². The van der Waals surface area contributed by atoms with Crippen molar-refractivity contribution in [1.82, 2.24) is 4.98 Å². The van der Waals surface area contributed by atoms with Crippen LogP contribution in [-0.2, 0) is 0 Å². The van der Waals surface area contributed by atoms with Crippen LogP contribution in [-0.4, -0.2) is 4.98 Å². The van der Waals surface area contributed by atoms with Crippen LogP contribution in [0.2, 0.25) is 20.1 Å². The highest BCUT2D eigenvalue weighted by Gasteiger charge is 2.18. The summed E-state index contributed by atoms with van der Waals surface area (Å²) in [5, 5.41) is 3.40. The zero-order valence-electron chi connectivity index (χ0n) is 14.2. The molecule has 0 fully saturated rings. The van der Waals surface area contributed by atoms with Crippen LogP contribution in [0.3, 0.4) is 0 Å². The van der Waals surface area contributed by atoms with Gasteiger partial charge < -0.3 is 0 Å². The van der Waals surface area contributed by atoms with Crippen molar-refractivity contribution in [3.05, 3.63) is 86.3 Å². The fourth-order valence-corrected chi connectivity index (χ4v) is 4.19. The molecule has 0 radical (unpaired) electrons. The summed E-state index contributed by atoms with van der Waals surface area (Å²) in [6, 6.07) is 18.8. The van der Waals surface area contributed by atoms with Crippen LogP contribution in [0.15, 0.2) is 60.7 Å². The van der Waals surface area contributed by atoms with Gasteiger partial charge in [0.25, 0.3) is 0 Å². The van der Waals surface area contributed by atoms with E-state index < -0.39 is 0 Å². The molecule has 0 unspecified atom stereocenters. The number of rotatable bonds is 2. The summed E-state index contributed by atoms with van der Waals surface area (Å²) in [6.07, 6.45) is 0. The van der Waals surface area contributed by atoms with Gasteiger partial charge in [-0.15, -0.1) is 0 Å². The average Bonchev–Trinajstić information content (AvgIpc) is 2.63. The Balaban J connectivity index is 2.13. The van der Waals surface area contributed by atoms with Crippen LogP contribution >= 0.6 is 46.4 Å². The van der Waals surface area contributed by atoms with Crippen molar-refractivity contribution >= 4 is 57.3 Å². The van der Waals surface area contributed by atoms with Crippen molar-refractivity contribution in [3.8, 4) is 22.4 Å². The summed E-state index contributed by atoms with van der Waals surface area (Å²) in [5.74, 6) is 0. The van der Waals surface area contributed by atoms with E-state index in [1.54, 1.807) is 6.07 Å². The molecule has 0 aliphatic heterocycles. The second kappa shape index (κ2) is 7.33. The maximum absolute atomic E-state index is 6.52. The molecular weight excluding hydrogens is 420 g/mol. The minimum atomic E-state index is 0.552. The molecule has 1 nitrogen and oxygen atoms in total. The molecule has 0 atom stereocenters. The van der Waals surface area contributed by atoms with Crippen molar-refractivity contribution in [2.75, 3.05) is 0 Å². The zero-order chi connectivity index (χ0) is 19.1. The van der Waals surface area contributed by atoms with Crippen molar-refractivity contribution in [2.45, 2.75) is 6.92 Å². The van der Waals surface area contributed by atoms with Crippen LogP contribution in [0.1, 0.15) is 5.56 Å². The number of halogens is 4. The molecule has 1 heterocycles. The second-order valence-electron chi connectivity index (χ2n) is 6.23. The second-order valence-corrected chi connectivity index (χ2v) is 7.91. The maximum atomic E-state index is 6.52. The first-order chi connectivity index (χ1) is 13.0. The largest absolute Gasteiger partial charge is 0.247 e. The summed E-state index contributed by atoms with van der Waals surface area (Å²) in [5.41, 5.74) is 5.33. The van der Waals surface area contributed by atoms with E-state index in [9.17, 15) is 0 Å². The molecule has 134 valence electrons. The molecule has 0 spiro atoms. The van der Waals surface area contributed by atoms with E-state index in [-0.39, 0.29) is 0 Å². The molecule has 0 saturated heterocycles. The van der Waals surface area contributed by atoms with Gasteiger partial charge >= 0.3 is 0 Å². The lowest BCUT2D eigenvalue weighted by Gasteiger charge is -2.17. The molecule has 3 aromatic carbocycles. The number of benzene rings is 3. The zero-order valence-corrected chi connectivity index (χ0v) is 17.3. The lowest BCUT2D eigenvalue weighted by Crippen LogP contribution is -1.96. The molecule has 0 N–H and O–H groups in total. The average molecular weight is 433 g/mol. The predicted octanol–water partition coefficient (Wildman–Crippen LogP) is 8.49. The van der Waals surface area contributed by atoms with Crippen LogP contribution in [0.4, 0.5) is 0 Å². The predicted molar refractivity (Wildman–Crippen MR) is 117 cm³/mol. The smallest absolute Gasteiger partial charge is 0.0760 e. The molecule has 4 rings (SSSR count). The Morgan fingerprint density at radius 2 is 1.41 bits per heavy atom. The number of fused-ring (bicyclic) bond motifs is 1. The normalized spacial score (nSPS) is 11.1. The van der Waals surface area contributed by atoms with Crippen LogP contribution in [0.5, 0.6) is 0 Å². The molecule has 0 amide bonds. The number of pyridine rings is 1. The van der Waals surface area contributed by atoms with Gasteiger partial charge in [-0.25, -0.2) is 4.98 Å². The van der Waals surface area contributed by atoms with E-state index in [0.717, 1.165) is 38.9 Å². The minimum absolute atomic E-state index is 0.552. The molecule has 1 aromatic heterocycles. The van der Waals surface area contributed by atoms with E-state index in [0.29, 0.717) is 20.1 Å². The number of aromatic nitrogens is 1. The van der Waals surface area contributed by atoms with Gasteiger partial charge in [0.1, 0.15) is 0 Å². The van der Waals surface area contributed by atoms with E-state index in [1.807, 2.05) is 61.5 Å². The van der Waals surface area contributed by atoms with E-state index in [4.69, 9.17) is 51.4 Å². The minimum Gasteiger partial charge on any atom is -0.247 e. The third-order valence-corrected chi connectivity index (χ3v) is 5.63. The van der Waals surface area contributed by atoms with Gasteiger partial charge in [-0.2, -0.15) is 0 Å². The maximum Gasteiger partial charge on any atom is 0.0760 e. The molecule has 27 heavy (non-hydrogen) atoms. The number of nitrogens with zero attached hydrogens (tertiary/aromatic N) is 1. The summed E-state index contributed by atoms with van der Waals surface area (Å²) >= 11 is 25.3. The highest BCUT2D eigenvalue weighted by molar-refractivity contribution is 6.37. The van der Waals surface area contributed by atoms with Crippen LogP contribution in [0, 0.1) is 6.92 Å². The first-order valence-corrected chi connectivity index (χ1v) is 9.77. The summed E-state index contributed by atoms with van der Waals surface area (Å²) in [6.45, 7) is 2.02. The fourth-order valence-electron chi connectivity index (χ4n) is 3.29. The Morgan fingerprint density at radius 3 is 2.15 bits per heavy atom. The highest BCUT2D eigenvalue weighted by Crippen LogP contribution is 2.41. The summed E-state index contributed by atoms with van der Waals surface area (Å²) < 4.78 is 0. The Bertz CT molecular complexity index is 1180. The third-order valence-electron chi connectivity index (χ3n) is 4.52. The van der Waals surface area contributed by atoms with Crippen LogP contribution < -0.4 is 0 Å². The van der Waals surface area contributed by atoms with Gasteiger partial charge in [0.2, 0.25) is 0 Å². The van der Waals surface area contributed by atoms with Gasteiger partial charge in [-0.05, 0) is 60.5 Å². The van der Waals surface area contributed by atoms with Gasteiger partial charge in [0.05, 0.1) is 16.2 Å². The number of hydrogen-bond acceptors (Lipinski definition) is 1. The monoisotopic (exact) mass is 431 g/mol. The van der Waals surface area contributed by atoms with Crippen molar-refractivity contribution in [2.24, 2.45) is 0 Å². The molecule has 4 aromatic rings. The third kappa shape index (κ3) is 3.41. The molecule has 0 bridgehead atoms. The van der Waals surface area contributed by atoms with Gasteiger partial charge in [0.15, 0.2) is 0 Å². The molecule has 0 aliphatic carbocycles. The van der Waals surface area contributed by atoms with Gasteiger partial charge in [0, 0.05) is 31.6 Å². The first-order valence-electron chi connectivity index (χ1n) is 8.26. The standard InChI is InChI=1S/C22H13Cl4N/c1-12-21(15-4-2-3-5-18(15)25)17-10-13(23)7-9-20(17)27-22(12)16-8-6-14(24)11-19(16)26/h2-11H,1H3. The van der Waals surface area contributed by atoms with E-state index >= 15 is 0 Å². The Kier molecular flexibility index (Phi) is 5.05. The topological polar surface area (TPSA) is 12.9 Å². The Hall–Kier alpha value is -1.77. The van der Waals surface area contributed by atoms with E-state index in [2.05, 4.69) is 0 Å². The molecule has 5 heteroatoms. The first kappa shape index (κ1) is 18.6. The highest BCUT2D eigenvalue weighted by atomic mass is 35.5. The lowest BCUT2D eigenvalue weighted by molar-refractivity contribution is 1.33. The summed E-state index contributed by atoms with van der Waals surface area (Å²) in [4.78, 5) is 4.86.